The van der Waals surface area contributed by atoms with Gasteiger partial charge >= 0.3 is 0 Å². The minimum Gasteiger partial charge on any atom is -0.457 e. The molecule has 1 aliphatic heterocycles. The zero-order chi connectivity index (χ0) is 41.1. The Morgan fingerprint density at radius 3 is 1.74 bits per heavy atom. The van der Waals surface area contributed by atoms with Crippen LogP contribution in [0.2, 0.25) is 0 Å². The zero-order valence-corrected chi connectivity index (χ0v) is 34.9. The number of hydrogen-bond donors (Lipinski definition) is 0. The predicted octanol–water partition coefficient (Wildman–Crippen LogP) is 13.8. The molecule has 0 aliphatic carbocycles. The standard InChI is InChI=1S/C54H44N6O/c1-54(2,3)34-27-28-55-50(29-34)60-46-22-11-8-17-38(46)41-26-25-37(31-49(41)60)61-36-16-14-15-35(30-36)58-33-59(48-24-13-12-23-47(48)58)53-51-42(39-18-6-9-20-44(39)56(51)4)32-43-40-19-7-10-21-45(40)57(5)52(43)53/h6-32H,33H2,1-5H3. The highest BCUT2D eigenvalue weighted by Crippen LogP contribution is 2.51. The van der Waals surface area contributed by atoms with Gasteiger partial charge in [-0.05, 0) is 83.8 Å². The van der Waals surface area contributed by atoms with Crippen molar-refractivity contribution in [2.24, 2.45) is 14.1 Å². The van der Waals surface area contributed by atoms with E-state index in [0.717, 1.165) is 45.1 Å². The molecule has 7 nitrogen and oxygen atoms in total. The van der Waals surface area contributed by atoms with E-state index in [1.165, 1.54) is 65.9 Å². The summed E-state index contributed by atoms with van der Waals surface area (Å²) < 4.78 is 13.8. The van der Waals surface area contributed by atoms with Gasteiger partial charge < -0.3 is 23.7 Å². The van der Waals surface area contributed by atoms with Gasteiger partial charge in [-0.3, -0.25) is 4.57 Å². The maximum Gasteiger partial charge on any atom is 0.137 e. The Hall–Kier alpha value is -7.51. The number of anilines is 4. The number of hydrogen-bond acceptors (Lipinski definition) is 4. The van der Waals surface area contributed by atoms with E-state index in [-0.39, 0.29) is 5.41 Å². The number of nitrogens with zero attached hydrogens (tertiary/aromatic N) is 6. The minimum atomic E-state index is -0.00576. The first-order valence-corrected chi connectivity index (χ1v) is 21.0. The summed E-state index contributed by atoms with van der Waals surface area (Å²) in [6.45, 7) is 7.36. The van der Waals surface area contributed by atoms with Crippen molar-refractivity contribution in [3.05, 3.63) is 169 Å². The maximum atomic E-state index is 6.78. The molecular weight excluding hydrogens is 749 g/mol. The van der Waals surface area contributed by atoms with Gasteiger partial charge in [0.2, 0.25) is 0 Å². The number of fused-ring (bicyclic) bond motifs is 10. The maximum absolute atomic E-state index is 6.78. The molecule has 0 unspecified atom stereocenters. The normalized spacial score (nSPS) is 13.2. The van der Waals surface area contributed by atoms with Crippen LogP contribution in [0.5, 0.6) is 11.5 Å². The number of pyridine rings is 1. The van der Waals surface area contributed by atoms with E-state index in [1.807, 2.05) is 12.3 Å². The first kappa shape index (κ1) is 35.4. The third kappa shape index (κ3) is 5.26. The Morgan fingerprint density at radius 1 is 0.492 bits per heavy atom. The number of benzene rings is 7. The molecule has 0 amide bonds. The monoisotopic (exact) mass is 792 g/mol. The van der Waals surface area contributed by atoms with Crippen molar-refractivity contribution in [2.75, 3.05) is 16.5 Å². The Kier molecular flexibility index (Phi) is 7.55. The molecule has 5 heterocycles. The van der Waals surface area contributed by atoms with Gasteiger partial charge in [-0.25, -0.2) is 4.98 Å². The Morgan fingerprint density at radius 2 is 1.07 bits per heavy atom. The highest BCUT2D eigenvalue weighted by atomic mass is 16.5. The number of ether oxygens (including phenoxy) is 1. The number of rotatable bonds is 5. The smallest absolute Gasteiger partial charge is 0.137 e. The van der Waals surface area contributed by atoms with Crippen LogP contribution in [-0.4, -0.2) is 25.4 Å². The molecule has 0 radical (unpaired) electrons. The van der Waals surface area contributed by atoms with Crippen molar-refractivity contribution in [1.29, 1.82) is 0 Å². The highest BCUT2D eigenvalue weighted by molar-refractivity contribution is 6.25. The van der Waals surface area contributed by atoms with Crippen molar-refractivity contribution in [3.8, 4) is 17.3 Å². The van der Waals surface area contributed by atoms with Gasteiger partial charge in [-0.15, -0.1) is 0 Å². The topological polar surface area (TPSA) is 43.4 Å². The minimum absolute atomic E-state index is 0.00576. The summed E-state index contributed by atoms with van der Waals surface area (Å²) in [5, 5.41) is 7.40. The van der Waals surface area contributed by atoms with Gasteiger partial charge in [0.05, 0.1) is 39.1 Å². The van der Waals surface area contributed by atoms with Crippen LogP contribution in [-0.2, 0) is 19.5 Å². The summed E-state index contributed by atoms with van der Waals surface area (Å²) in [7, 11) is 4.42. The summed E-state index contributed by atoms with van der Waals surface area (Å²) in [6.07, 6.45) is 1.92. The molecule has 0 fully saturated rings. The van der Waals surface area contributed by atoms with Gasteiger partial charge in [0.15, 0.2) is 0 Å². The molecule has 296 valence electrons. The van der Waals surface area contributed by atoms with Crippen LogP contribution in [0.15, 0.2) is 164 Å². The number of para-hydroxylation sites is 5. The molecule has 4 aromatic heterocycles. The van der Waals surface area contributed by atoms with Crippen LogP contribution < -0.4 is 14.5 Å². The second-order valence-electron chi connectivity index (χ2n) is 17.4. The first-order chi connectivity index (χ1) is 29.7. The molecule has 61 heavy (non-hydrogen) atoms. The van der Waals surface area contributed by atoms with E-state index in [1.54, 1.807) is 0 Å². The predicted molar refractivity (Wildman–Crippen MR) is 254 cm³/mol. The molecule has 0 bridgehead atoms. The van der Waals surface area contributed by atoms with Crippen molar-refractivity contribution < 1.29 is 4.74 Å². The van der Waals surface area contributed by atoms with E-state index in [4.69, 9.17) is 9.72 Å². The van der Waals surface area contributed by atoms with Crippen molar-refractivity contribution >= 4 is 88.2 Å². The third-order valence-corrected chi connectivity index (χ3v) is 12.9. The fraction of sp³-hybridized carbons (Fsp3) is 0.130. The SMILES string of the molecule is Cn1c2ccccc2c2cc3c4ccccc4n(C)c3c(N3CN(c4cccc(Oc5ccc6c7ccccc7n(-c7cc(C(C)(C)C)ccn7)c6c5)c4)c4ccccc43)c21. The van der Waals surface area contributed by atoms with Gasteiger partial charge in [-0.2, -0.15) is 0 Å². The van der Waals surface area contributed by atoms with Crippen molar-refractivity contribution in [1.82, 2.24) is 18.7 Å². The fourth-order valence-corrected chi connectivity index (χ4v) is 9.97. The quantitative estimate of drug-likeness (QED) is 0.174. The van der Waals surface area contributed by atoms with E-state index in [2.05, 4.69) is 210 Å². The molecule has 0 N–H and O–H groups in total. The summed E-state index contributed by atoms with van der Waals surface area (Å²) in [5.41, 5.74) is 12.9. The van der Waals surface area contributed by atoms with E-state index < -0.39 is 0 Å². The molecule has 7 aromatic carbocycles. The van der Waals surface area contributed by atoms with Gasteiger partial charge in [0.1, 0.15) is 24.0 Å². The zero-order valence-electron chi connectivity index (χ0n) is 34.9. The lowest BCUT2D eigenvalue weighted by Crippen LogP contribution is -2.25. The van der Waals surface area contributed by atoms with Crippen LogP contribution in [0.3, 0.4) is 0 Å². The molecule has 11 aromatic rings. The highest BCUT2D eigenvalue weighted by Gasteiger charge is 2.33. The van der Waals surface area contributed by atoms with Crippen LogP contribution >= 0.6 is 0 Å². The van der Waals surface area contributed by atoms with E-state index in [9.17, 15) is 0 Å². The Labute approximate surface area is 353 Å². The van der Waals surface area contributed by atoms with Crippen molar-refractivity contribution in [2.45, 2.75) is 26.2 Å². The average molecular weight is 793 g/mol. The van der Waals surface area contributed by atoms with Crippen LogP contribution in [0.25, 0.3) is 71.2 Å². The van der Waals surface area contributed by atoms with E-state index >= 15 is 0 Å². The van der Waals surface area contributed by atoms with Crippen molar-refractivity contribution in [3.63, 3.8) is 0 Å². The van der Waals surface area contributed by atoms with E-state index in [0.29, 0.717) is 6.67 Å². The molecule has 12 rings (SSSR count). The Bertz CT molecular complexity index is 3490. The lowest BCUT2D eigenvalue weighted by atomic mass is 9.88. The largest absolute Gasteiger partial charge is 0.457 e. The lowest BCUT2D eigenvalue weighted by molar-refractivity contribution is 0.483. The molecule has 0 saturated carbocycles. The molecule has 1 aliphatic rings. The molecule has 0 atom stereocenters. The molecule has 7 heteroatoms. The number of aryl methyl sites for hydroxylation is 2. The molecule has 0 saturated heterocycles. The van der Waals surface area contributed by atoms with Crippen LogP contribution in [0, 0.1) is 0 Å². The second-order valence-corrected chi connectivity index (χ2v) is 17.4. The fourth-order valence-electron chi connectivity index (χ4n) is 9.97. The summed E-state index contributed by atoms with van der Waals surface area (Å²) in [6, 6.07) is 56.5. The van der Waals surface area contributed by atoms with Gasteiger partial charge in [-0.1, -0.05) is 93.6 Å². The molecular formula is C54H44N6O. The second kappa shape index (κ2) is 13.0. The van der Waals surface area contributed by atoms with Crippen LogP contribution in [0.1, 0.15) is 26.3 Å². The van der Waals surface area contributed by atoms with Crippen LogP contribution in [0.4, 0.5) is 22.7 Å². The summed E-state index contributed by atoms with van der Waals surface area (Å²) in [4.78, 5) is 9.81. The van der Waals surface area contributed by atoms with Gasteiger partial charge in [0, 0.05) is 81.5 Å². The lowest BCUT2D eigenvalue weighted by Gasteiger charge is -2.25. The van der Waals surface area contributed by atoms with Gasteiger partial charge in [0.25, 0.3) is 0 Å². The average Bonchev–Trinajstić information content (AvgIpc) is 4.00. The number of aromatic nitrogens is 4. The first-order valence-electron chi connectivity index (χ1n) is 21.0. The third-order valence-electron chi connectivity index (χ3n) is 12.9. The Balaban J connectivity index is 0.969. The molecule has 0 spiro atoms. The summed E-state index contributed by atoms with van der Waals surface area (Å²) >= 11 is 0. The summed E-state index contributed by atoms with van der Waals surface area (Å²) in [5.74, 6) is 2.44.